The van der Waals surface area contributed by atoms with Crippen molar-refractivity contribution in [3.8, 4) is 5.75 Å². The third kappa shape index (κ3) is 5.13. The van der Waals surface area contributed by atoms with Gasteiger partial charge < -0.3 is 25.3 Å². The number of pyridine rings is 1. The number of piperidine rings is 2. The maximum Gasteiger partial charge on any atom is 0.573 e. The van der Waals surface area contributed by atoms with Gasteiger partial charge in [0.1, 0.15) is 11.4 Å². The number of nitrogens with one attached hydrogen (secondary N) is 1. The molecule has 7 nitrogen and oxygen atoms in total. The van der Waals surface area contributed by atoms with E-state index in [-0.39, 0.29) is 17.2 Å². The lowest BCUT2D eigenvalue weighted by Crippen LogP contribution is -2.38. The fourth-order valence-corrected chi connectivity index (χ4v) is 5.46. The minimum Gasteiger partial charge on any atom is -0.406 e. The van der Waals surface area contributed by atoms with Crippen molar-refractivity contribution in [1.29, 1.82) is 0 Å². The van der Waals surface area contributed by atoms with Crippen LogP contribution in [-0.4, -0.2) is 65.3 Å². The molecule has 2 fully saturated rings. The standard InChI is InChI=1S/C26H30F3N5O2/c1-33-10-5-17(6-11-33)23-15-21-19(4-9-31-24(21)32-23)16-7-12-34(13-8-16)25(35)20-3-2-18(14-22(20)30)36-26(27,28)29/h2-4,9,14-17H,5-8,10-13,30H2,1H3,(H,31,32). The Balaban J connectivity index is 1.27. The van der Waals surface area contributed by atoms with E-state index in [1.807, 2.05) is 6.20 Å². The average molecular weight is 502 g/mol. The molecule has 10 heteroatoms. The predicted octanol–water partition coefficient (Wildman–Crippen LogP) is 4.87. The number of rotatable bonds is 4. The molecule has 0 spiro atoms. The number of H-pyrrole nitrogens is 1. The molecule has 0 radical (unpaired) electrons. The molecule has 0 saturated carbocycles. The minimum atomic E-state index is -4.81. The Morgan fingerprint density at radius 2 is 1.75 bits per heavy atom. The van der Waals surface area contributed by atoms with Crippen LogP contribution in [0.3, 0.4) is 0 Å². The number of amides is 1. The number of aromatic amines is 1. The van der Waals surface area contributed by atoms with E-state index in [1.165, 1.54) is 17.3 Å². The molecule has 2 aliphatic heterocycles. The van der Waals surface area contributed by atoms with E-state index in [4.69, 9.17) is 5.73 Å². The molecule has 36 heavy (non-hydrogen) atoms. The van der Waals surface area contributed by atoms with Gasteiger partial charge in [-0.2, -0.15) is 0 Å². The van der Waals surface area contributed by atoms with Gasteiger partial charge in [-0.25, -0.2) is 4.98 Å². The Morgan fingerprint density at radius 3 is 2.42 bits per heavy atom. The lowest BCUT2D eigenvalue weighted by atomic mass is 9.87. The molecule has 4 heterocycles. The number of anilines is 1. The van der Waals surface area contributed by atoms with Gasteiger partial charge in [0, 0.05) is 48.0 Å². The molecule has 0 aliphatic carbocycles. The second-order valence-electron chi connectivity index (χ2n) is 9.83. The van der Waals surface area contributed by atoms with E-state index in [0.717, 1.165) is 61.9 Å². The van der Waals surface area contributed by atoms with E-state index in [9.17, 15) is 18.0 Å². The number of nitrogens with two attached hydrogens (primary N) is 1. The summed E-state index contributed by atoms with van der Waals surface area (Å²) in [7, 11) is 2.16. The zero-order valence-corrected chi connectivity index (χ0v) is 20.1. The number of halogens is 3. The first-order valence-electron chi connectivity index (χ1n) is 12.3. The van der Waals surface area contributed by atoms with Crippen molar-refractivity contribution in [2.45, 2.75) is 43.9 Å². The van der Waals surface area contributed by atoms with Crippen molar-refractivity contribution in [3.05, 3.63) is 53.3 Å². The van der Waals surface area contributed by atoms with Crippen LogP contribution in [0.4, 0.5) is 18.9 Å². The molecular formula is C26H30F3N5O2. The minimum absolute atomic E-state index is 0.0338. The second-order valence-corrected chi connectivity index (χ2v) is 9.83. The van der Waals surface area contributed by atoms with Crippen molar-refractivity contribution < 1.29 is 22.7 Å². The Labute approximate surface area is 207 Å². The summed E-state index contributed by atoms with van der Waals surface area (Å²) in [6.07, 6.45) is 0.863. The van der Waals surface area contributed by atoms with E-state index in [2.05, 4.69) is 38.8 Å². The first kappa shape index (κ1) is 24.4. The van der Waals surface area contributed by atoms with Gasteiger partial charge in [-0.1, -0.05) is 0 Å². The highest BCUT2D eigenvalue weighted by molar-refractivity contribution is 5.99. The Kier molecular flexibility index (Phi) is 6.55. The summed E-state index contributed by atoms with van der Waals surface area (Å²) in [6, 6.07) is 7.78. The van der Waals surface area contributed by atoms with Crippen LogP contribution in [0.1, 0.15) is 59.1 Å². The molecule has 0 atom stereocenters. The van der Waals surface area contributed by atoms with Crippen LogP contribution in [0.2, 0.25) is 0 Å². The van der Waals surface area contributed by atoms with Crippen LogP contribution in [0, 0.1) is 0 Å². The number of aromatic nitrogens is 2. The number of ether oxygens (including phenoxy) is 1. The zero-order chi connectivity index (χ0) is 25.4. The maximum absolute atomic E-state index is 13.0. The predicted molar refractivity (Wildman–Crippen MR) is 131 cm³/mol. The second kappa shape index (κ2) is 9.65. The highest BCUT2D eigenvalue weighted by Crippen LogP contribution is 2.36. The van der Waals surface area contributed by atoms with Gasteiger partial charge >= 0.3 is 6.36 Å². The number of alkyl halides is 3. The summed E-state index contributed by atoms with van der Waals surface area (Å²) in [5.41, 5.74) is 9.45. The summed E-state index contributed by atoms with van der Waals surface area (Å²) >= 11 is 0. The summed E-state index contributed by atoms with van der Waals surface area (Å²) in [5, 5.41) is 1.15. The normalized spacial score (nSPS) is 18.6. The molecule has 0 bridgehead atoms. The van der Waals surface area contributed by atoms with Crippen LogP contribution in [0.15, 0.2) is 36.5 Å². The summed E-state index contributed by atoms with van der Waals surface area (Å²) in [6.45, 7) is 3.27. The van der Waals surface area contributed by atoms with Gasteiger partial charge in [0.25, 0.3) is 5.91 Å². The third-order valence-electron chi connectivity index (χ3n) is 7.45. The van der Waals surface area contributed by atoms with Gasteiger partial charge in [0.05, 0.1) is 5.56 Å². The Hall–Kier alpha value is -3.27. The van der Waals surface area contributed by atoms with Crippen molar-refractivity contribution in [1.82, 2.24) is 19.8 Å². The number of hydrogen-bond donors (Lipinski definition) is 2. The van der Waals surface area contributed by atoms with Crippen molar-refractivity contribution in [2.24, 2.45) is 0 Å². The van der Waals surface area contributed by atoms with Gasteiger partial charge in [-0.3, -0.25) is 4.79 Å². The first-order chi connectivity index (χ1) is 17.2. The Morgan fingerprint density at radius 1 is 1.06 bits per heavy atom. The fourth-order valence-electron chi connectivity index (χ4n) is 5.46. The molecule has 1 aromatic carbocycles. The molecule has 2 saturated heterocycles. The molecule has 2 aromatic heterocycles. The molecular weight excluding hydrogens is 471 g/mol. The van der Waals surface area contributed by atoms with Crippen molar-refractivity contribution in [2.75, 3.05) is 39.0 Å². The van der Waals surface area contributed by atoms with Crippen LogP contribution < -0.4 is 10.5 Å². The summed E-state index contributed by atoms with van der Waals surface area (Å²) in [4.78, 5) is 25.2. The molecule has 0 unspecified atom stereocenters. The largest absolute Gasteiger partial charge is 0.573 e. The molecule has 3 N–H and O–H groups in total. The number of carbonyl (C=O) groups is 1. The van der Waals surface area contributed by atoms with Gasteiger partial charge in [-0.05, 0) is 81.6 Å². The number of likely N-dealkylation sites (tertiary alicyclic amines) is 2. The summed E-state index contributed by atoms with van der Waals surface area (Å²) < 4.78 is 41.3. The van der Waals surface area contributed by atoms with Crippen molar-refractivity contribution in [3.63, 3.8) is 0 Å². The number of fused-ring (bicyclic) bond motifs is 1. The molecule has 5 rings (SSSR count). The van der Waals surface area contributed by atoms with Crippen LogP contribution in [0.25, 0.3) is 11.0 Å². The van der Waals surface area contributed by atoms with Gasteiger partial charge in [-0.15, -0.1) is 13.2 Å². The van der Waals surface area contributed by atoms with Crippen LogP contribution in [-0.2, 0) is 0 Å². The van der Waals surface area contributed by atoms with E-state index >= 15 is 0 Å². The number of carbonyl (C=O) groups excluding carboxylic acids is 1. The number of benzene rings is 1. The number of nitrogens with zero attached hydrogens (tertiary/aromatic N) is 3. The van der Waals surface area contributed by atoms with Crippen molar-refractivity contribution >= 4 is 22.6 Å². The maximum atomic E-state index is 13.0. The molecule has 192 valence electrons. The molecule has 1 amide bonds. The fraction of sp³-hybridized carbons (Fsp3) is 0.462. The topological polar surface area (TPSA) is 87.5 Å². The molecule has 3 aromatic rings. The van der Waals surface area contributed by atoms with Crippen LogP contribution >= 0.6 is 0 Å². The highest BCUT2D eigenvalue weighted by Gasteiger charge is 2.32. The first-order valence-corrected chi connectivity index (χ1v) is 12.3. The average Bonchev–Trinajstić information content (AvgIpc) is 3.28. The van der Waals surface area contributed by atoms with Crippen LogP contribution in [0.5, 0.6) is 5.75 Å². The molecule has 2 aliphatic rings. The summed E-state index contributed by atoms with van der Waals surface area (Å²) in [5.74, 6) is 0.0837. The van der Waals surface area contributed by atoms with E-state index in [1.54, 1.807) is 4.90 Å². The Bertz CT molecular complexity index is 1240. The smallest absolute Gasteiger partial charge is 0.406 e. The highest BCUT2D eigenvalue weighted by atomic mass is 19.4. The quantitative estimate of drug-likeness (QED) is 0.498. The number of hydrogen-bond acceptors (Lipinski definition) is 5. The third-order valence-corrected chi connectivity index (χ3v) is 7.45. The number of nitrogen functional groups attached to an aromatic ring is 1. The van der Waals surface area contributed by atoms with E-state index in [0.29, 0.717) is 24.9 Å². The lowest BCUT2D eigenvalue weighted by molar-refractivity contribution is -0.274. The monoisotopic (exact) mass is 501 g/mol. The SMILES string of the molecule is CN1CCC(c2cc3c(C4CCN(C(=O)c5ccc(OC(F)(F)F)cc5N)CC4)ccnc3[nH]2)CC1. The van der Waals surface area contributed by atoms with E-state index < -0.39 is 12.1 Å². The zero-order valence-electron chi connectivity index (χ0n) is 20.1. The lowest BCUT2D eigenvalue weighted by Gasteiger charge is -2.32. The van der Waals surface area contributed by atoms with Gasteiger partial charge in [0.2, 0.25) is 0 Å². The van der Waals surface area contributed by atoms with Gasteiger partial charge in [0.15, 0.2) is 0 Å².